The number of hydrogen-bond acceptors (Lipinski definition) is 4. The Kier molecular flexibility index (Phi) is 6.93. The Hall–Kier alpha value is -2.37. The predicted molar refractivity (Wildman–Crippen MR) is 124 cm³/mol. The zero-order valence-corrected chi connectivity index (χ0v) is 19.0. The Morgan fingerprint density at radius 3 is 2.32 bits per heavy atom. The fraction of sp³-hybridized carbons (Fsp3) is 0.500. The van der Waals surface area contributed by atoms with E-state index in [4.69, 9.17) is 4.74 Å². The van der Waals surface area contributed by atoms with Gasteiger partial charge in [0.2, 0.25) is 5.91 Å². The minimum absolute atomic E-state index is 0.0346. The Morgan fingerprint density at radius 1 is 1.00 bits per heavy atom. The van der Waals surface area contributed by atoms with E-state index in [9.17, 15) is 4.79 Å². The van der Waals surface area contributed by atoms with E-state index < -0.39 is 0 Å². The largest absolute Gasteiger partial charge is 0.497 e. The Labute approximate surface area is 186 Å². The van der Waals surface area contributed by atoms with E-state index in [1.54, 1.807) is 7.11 Å². The molecule has 1 heterocycles. The molecule has 1 amide bonds. The number of nitrogens with zero attached hydrogens (tertiary/aromatic N) is 2. The van der Waals surface area contributed by atoms with Crippen LogP contribution in [0.15, 0.2) is 48.5 Å². The topological polar surface area (TPSA) is 44.8 Å². The number of nitrogens with one attached hydrogen (secondary N) is 1. The summed E-state index contributed by atoms with van der Waals surface area (Å²) in [5, 5.41) is 3.73. The lowest BCUT2D eigenvalue weighted by molar-refractivity contribution is -0.137. The molecular weight excluding hydrogens is 386 g/mol. The Balaban J connectivity index is 1.48. The lowest BCUT2D eigenvalue weighted by atomic mass is 9.87. The van der Waals surface area contributed by atoms with Crippen LogP contribution in [0.2, 0.25) is 0 Å². The van der Waals surface area contributed by atoms with Crippen molar-refractivity contribution >= 4 is 5.91 Å². The first-order chi connectivity index (χ1) is 15.0. The van der Waals surface area contributed by atoms with Crippen molar-refractivity contribution in [3.8, 4) is 5.75 Å². The third kappa shape index (κ3) is 5.28. The first-order valence-corrected chi connectivity index (χ1v) is 11.4. The first kappa shape index (κ1) is 21.8. The summed E-state index contributed by atoms with van der Waals surface area (Å²) in [4.78, 5) is 17.9. The van der Waals surface area contributed by atoms with Crippen LogP contribution in [0, 0.1) is 12.8 Å². The summed E-state index contributed by atoms with van der Waals surface area (Å²) in [7, 11) is 3.82. The molecule has 2 fully saturated rings. The molecule has 2 aromatic rings. The molecule has 0 spiro atoms. The summed E-state index contributed by atoms with van der Waals surface area (Å²) in [5.74, 6) is 1.46. The van der Waals surface area contributed by atoms with E-state index in [2.05, 4.69) is 65.5 Å². The van der Waals surface area contributed by atoms with Crippen LogP contribution in [0.1, 0.15) is 35.4 Å². The summed E-state index contributed by atoms with van der Waals surface area (Å²) in [6.45, 7) is 6.55. The number of amides is 1. The highest BCUT2D eigenvalue weighted by molar-refractivity contribution is 5.80. The highest BCUT2D eigenvalue weighted by atomic mass is 16.5. The molecule has 31 heavy (non-hydrogen) atoms. The fourth-order valence-electron chi connectivity index (χ4n) is 4.93. The summed E-state index contributed by atoms with van der Waals surface area (Å²) in [6, 6.07) is 17.3. The molecule has 5 nitrogen and oxygen atoms in total. The molecule has 2 aliphatic rings. The van der Waals surface area contributed by atoms with Gasteiger partial charge in [-0.3, -0.25) is 4.79 Å². The molecule has 1 saturated carbocycles. The summed E-state index contributed by atoms with van der Waals surface area (Å²) in [5.41, 5.74) is 3.82. The third-order valence-corrected chi connectivity index (χ3v) is 6.95. The molecule has 1 aliphatic carbocycles. The predicted octanol–water partition coefficient (Wildman–Crippen LogP) is 3.43. The molecular formula is C26H35N3O2. The quantitative estimate of drug-likeness (QED) is 0.776. The number of aryl methyl sites for hydroxylation is 1. The van der Waals surface area contributed by atoms with Crippen molar-refractivity contribution in [3.05, 3.63) is 65.2 Å². The molecule has 166 valence electrons. The molecule has 0 aromatic heterocycles. The number of piperazine rings is 1. The third-order valence-electron chi connectivity index (χ3n) is 6.95. The van der Waals surface area contributed by atoms with Gasteiger partial charge in [0.1, 0.15) is 5.75 Å². The number of ether oxygens (including phenoxy) is 1. The van der Waals surface area contributed by atoms with Crippen LogP contribution in [0.5, 0.6) is 5.75 Å². The van der Waals surface area contributed by atoms with Gasteiger partial charge in [0.15, 0.2) is 0 Å². The second-order valence-electron chi connectivity index (χ2n) is 9.15. The Bertz CT molecular complexity index is 857. The maximum Gasteiger partial charge on any atom is 0.226 e. The van der Waals surface area contributed by atoms with Gasteiger partial charge in [-0.2, -0.15) is 0 Å². The molecule has 0 radical (unpaired) electrons. The van der Waals surface area contributed by atoms with E-state index in [0.717, 1.165) is 51.3 Å². The lowest BCUT2D eigenvalue weighted by Gasteiger charge is -2.35. The molecule has 1 N–H and O–H groups in total. The van der Waals surface area contributed by atoms with Crippen LogP contribution in [-0.2, 0) is 11.3 Å². The fourth-order valence-corrected chi connectivity index (χ4v) is 4.93. The molecule has 4 rings (SSSR count). The van der Waals surface area contributed by atoms with Crippen molar-refractivity contribution in [2.45, 2.75) is 38.3 Å². The van der Waals surface area contributed by atoms with E-state index in [1.807, 2.05) is 12.1 Å². The number of benzene rings is 2. The summed E-state index contributed by atoms with van der Waals surface area (Å²) in [6.07, 6.45) is 1.88. The van der Waals surface area contributed by atoms with Gasteiger partial charge in [-0.25, -0.2) is 0 Å². The zero-order valence-electron chi connectivity index (χ0n) is 19.0. The zero-order chi connectivity index (χ0) is 21.8. The standard InChI is InChI=1S/C26H35N3O2/c1-19-4-6-20(7-5-19)18-27-22-16-24(21-8-10-23(31-3)11-9-21)25(17-22)26(30)29-14-12-28(2)13-15-29/h4-11,22,24-25,27H,12-18H2,1-3H3/t22-,24+,25-/m0/s1. The molecule has 5 heteroatoms. The van der Waals surface area contributed by atoms with E-state index in [-0.39, 0.29) is 11.8 Å². The molecule has 1 saturated heterocycles. The summed E-state index contributed by atoms with van der Waals surface area (Å²) >= 11 is 0. The first-order valence-electron chi connectivity index (χ1n) is 11.4. The SMILES string of the molecule is COc1ccc([C@H]2C[C@H](NCc3ccc(C)cc3)C[C@@H]2C(=O)N2CCN(C)CC2)cc1. The second kappa shape index (κ2) is 9.84. The minimum atomic E-state index is 0.0346. The van der Waals surface area contributed by atoms with E-state index >= 15 is 0 Å². The molecule has 3 atom stereocenters. The second-order valence-corrected chi connectivity index (χ2v) is 9.15. The van der Waals surface area contributed by atoms with Crippen molar-refractivity contribution in [3.63, 3.8) is 0 Å². The van der Waals surface area contributed by atoms with Crippen molar-refractivity contribution in [2.75, 3.05) is 40.3 Å². The number of methoxy groups -OCH3 is 1. The maximum atomic E-state index is 13.5. The average molecular weight is 422 g/mol. The number of carbonyl (C=O) groups is 1. The molecule has 0 unspecified atom stereocenters. The van der Waals surface area contributed by atoms with Crippen molar-refractivity contribution in [1.29, 1.82) is 0 Å². The van der Waals surface area contributed by atoms with Gasteiger partial charge >= 0.3 is 0 Å². The van der Waals surface area contributed by atoms with Crippen LogP contribution in [0.25, 0.3) is 0 Å². The number of hydrogen-bond donors (Lipinski definition) is 1. The molecule has 2 aromatic carbocycles. The smallest absolute Gasteiger partial charge is 0.226 e. The van der Waals surface area contributed by atoms with Crippen LogP contribution in [-0.4, -0.2) is 62.1 Å². The Morgan fingerprint density at radius 2 is 1.68 bits per heavy atom. The van der Waals surface area contributed by atoms with Crippen molar-refractivity contribution < 1.29 is 9.53 Å². The number of rotatable bonds is 6. The maximum absolute atomic E-state index is 13.5. The van der Waals surface area contributed by atoms with Gasteiger partial charge in [0.05, 0.1) is 7.11 Å². The monoisotopic (exact) mass is 421 g/mol. The van der Waals surface area contributed by atoms with E-state index in [1.165, 1.54) is 16.7 Å². The number of likely N-dealkylation sites (N-methyl/N-ethyl adjacent to an activating group) is 1. The van der Waals surface area contributed by atoms with Gasteiger partial charge in [0.25, 0.3) is 0 Å². The van der Waals surface area contributed by atoms with Gasteiger partial charge in [-0.1, -0.05) is 42.0 Å². The van der Waals surface area contributed by atoms with E-state index in [0.29, 0.717) is 11.9 Å². The van der Waals surface area contributed by atoms with Gasteiger partial charge in [-0.15, -0.1) is 0 Å². The number of carbonyl (C=O) groups excluding carboxylic acids is 1. The highest BCUT2D eigenvalue weighted by Gasteiger charge is 2.41. The average Bonchev–Trinajstić information content (AvgIpc) is 3.23. The van der Waals surface area contributed by atoms with Crippen molar-refractivity contribution in [1.82, 2.24) is 15.1 Å². The minimum Gasteiger partial charge on any atom is -0.497 e. The molecule has 0 bridgehead atoms. The normalized spacial score (nSPS) is 24.4. The van der Waals surface area contributed by atoms with Crippen LogP contribution < -0.4 is 10.1 Å². The van der Waals surface area contributed by atoms with Gasteiger partial charge < -0.3 is 19.9 Å². The van der Waals surface area contributed by atoms with Crippen LogP contribution in [0.3, 0.4) is 0 Å². The highest BCUT2D eigenvalue weighted by Crippen LogP contribution is 2.41. The van der Waals surface area contributed by atoms with Crippen LogP contribution >= 0.6 is 0 Å². The molecule has 1 aliphatic heterocycles. The van der Waals surface area contributed by atoms with Crippen LogP contribution in [0.4, 0.5) is 0 Å². The van der Waals surface area contributed by atoms with Gasteiger partial charge in [0, 0.05) is 44.7 Å². The summed E-state index contributed by atoms with van der Waals surface area (Å²) < 4.78 is 5.34. The van der Waals surface area contributed by atoms with Crippen molar-refractivity contribution in [2.24, 2.45) is 5.92 Å². The lowest BCUT2D eigenvalue weighted by Crippen LogP contribution is -2.49. The van der Waals surface area contributed by atoms with Gasteiger partial charge in [-0.05, 0) is 56.0 Å².